The number of carboxylic acid groups (broad SMARTS) is 1. The highest BCUT2D eigenvalue weighted by Crippen LogP contribution is 2.29. The molecule has 0 aliphatic heterocycles. The third kappa shape index (κ3) is 4.16. The Morgan fingerprint density at radius 2 is 2.05 bits per heavy atom. The summed E-state index contributed by atoms with van der Waals surface area (Å²) in [4.78, 5) is 24.5. The van der Waals surface area contributed by atoms with E-state index in [2.05, 4.69) is 5.32 Å². The third-order valence-electron chi connectivity index (χ3n) is 3.11. The zero-order valence-electron chi connectivity index (χ0n) is 12.4. The van der Waals surface area contributed by atoms with E-state index in [9.17, 15) is 19.1 Å². The van der Waals surface area contributed by atoms with Gasteiger partial charge in [0.25, 0.3) is 0 Å². The Bertz CT molecular complexity index is 558. The molecule has 0 saturated heterocycles. The van der Waals surface area contributed by atoms with E-state index < -0.39 is 35.9 Å². The monoisotopic (exact) mass is 332 g/mol. The molecule has 122 valence electrons. The lowest BCUT2D eigenvalue weighted by molar-refractivity contribution is -0.156. The summed E-state index contributed by atoms with van der Waals surface area (Å²) < 4.78 is 14.0. The van der Waals surface area contributed by atoms with Crippen molar-refractivity contribution in [2.75, 3.05) is 20.6 Å². The summed E-state index contributed by atoms with van der Waals surface area (Å²) in [6.45, 7) is 0.536. The summed E-state index contributed by atoms with van der Waals surface area (Å²) in [7, 11) is 3.12. The summed E-state index contributed by atoms with van der Waals surface area (Å²) in [5.74, 6) is -2.79. The largest absolute Gasteiger partial charge is 0.479 e. The molecule has 0 radical (unpaired) electrons. The molecule has 0 heterocycles. The summed E-state index contributed by atoms with van der Waals surface area (Å²) in [5.41, 5.74) is -2.13. The molecule has 0 spiro atoms. The zero-order chi connectivity index (χ0) is 17.1. The van der Waals surface area contributed by atoms with Crippen LogP contribution in [0.25, 0.3) is 0 Å². The van der Waals surface area contributed by atoms with Crippen molar-refractivity contribution in [1.82, 2.24) is 10.2 Å². The fourth-order valence-electron chi connectivity index (χ4n) is 1.83. The fraction of sp³-hybridized carbons (Fsp3) is 0.429. The molecule has 8 heteroatoms. The molecular formula is C14H18ClFN2O4. The summed E-state index contributed by atoms with van der Waals surface area (Å²) in [6, 6.07) is 3.00. The third-order valence-corrected chi connectivity index (χ3v) is 3.44. The van der Waals surface area contributed by atoms with Crippen molar-refractivity contribution >= 4 is 23.5 Å². The number of carbonyl (C=O) groups excluding carboxylic acids is 1. The molecule has 0 aromatic heterocycles. The van der Waals surface area contributed by atoms with Crippen molar-refractivity contribution in [3.8, 4) is 0 Å². The normalized spacial score (nSPS) is 15.2. The number of benzene rings is 1. The molecular weight excluding hydrogens is 315 g/mol. The van der Waals surface area contributed by atoms with Crippen LogP contribution in [0, 0.1) is 5.82 Å². The number of nitrogens with zero attached hydrogens (tertiary/aromatic N) is 1. The van der Waals surface area contributed by atoms with Crippen LogP contribution in [-0.4, -0.2) is 53.2 Å². The van der Waals surface area contributed by atoms with Crippen LogP contribution in [0.2, 0.25) is 5.02 Å². The van der Waals surface area contributed by atoms with Crippen LogP contribution in [0.1, 0.15) is 18.5 Å². The quantitative estimate of drug-likeness (QED) is 0.724. The highest BCUT2D eigenvalue weighted by atomic mass is 35.5. The van der Waals surface area contributed by atoms with Gasteiger partial charge in [-0.05, 0) is 33.2 Å². The average molecular weight is 333 g/mol. The van der Waals surface area contributed by atoms with Gasteiger partial charge >= 0.3 is 5.97 Å². The highest BCUT2D eigenvalue weighted by molar-refractivity contribution is 6.31. The van der Waals surface area contributed by atoms with E-state index in [-0.39, 0.29) is 10.6 Å². The molecule has 1 rings (SSSR count). The molecule has 22 heavy (non-hydrogen) atoms. The van der Waals surface area contributed by atoms with E-state index in [1.54, 1.807) is 14.1 Å². The van der Waals surface area contributed by atoms with Crippen molar-refractivity contribution in [2.45, 2.75) is 18.6 Å². The molecule has 3 N–H and O–H groups in total. The molecule has 1 amide bonds. The number of hydrogen-bond acceptors (Lipinski definition) is 4. The lowest BCUT2D eigenvalue weighted by atomic mass is 10.0. The van der Waals surface area contributed by atoms with Crippen molar-refractivity contribution < 1.29 is 24.2 Å². The molecule has 2 atom stereocenters. The van der Waals surface area contributed by atoms with E-state index >= 15 is 0 Å². The van der Waals surface area contributed by atoms with Crippen LogP contribution in [0.5, 0.6) is 0 Å². The van der Waals surface area contributed by atoms with Crippen molar-refractivity contribution in [3.05, 3.63) is 34.6 Å². The lowest BCUT2D eigenvalue weighted by Gasteiger charge is -2.26. The Kier molecular flexibility index (Phi) is 5.87. The summed E-state index contributed by atoms with van der Waals surface area (Å²) in [6.07, 6.45) is 0. The number of nitrogens with one attached hydrogen (secondary N) is 1. The maximum Gasteiger partial charge on any atom is 0.337 e. The zero-order valence-corrected chi connectivity index (χ0v) is 13.2. The predicted octanol–water partition coefficient (Wildman–Crippen LogP) is 1.03. The number of aliphatic hydroxyl groups is 1. The van der Waals surface area contributed by atoms with Gasteiger partial charge in [-0.25, -0.2) is 9.18 Å². The van der Waals surface area contributed by atoms with Crippen molar-refractivity contribution in [3.63, 3.8) is 0 Å². The molecule has 0 aliphatic rings. The van der Waals surface area contributed by atoms with Gasteiger partial charge in [-0.15, -0.1) is 0 Å². The van der Waals surface area contributed by atoms with E-state index in [1.807, 2.05) is 0 Å². The Morgan fingerprint density at radius 1 is 1.45 bits per heavy atom. The standard InChI is InChI=1S/C14H18ClFN2O4/c1-14(22,13(20)21)7-17-12(19)11(18(2)3)10-8(15)5-4-6-9(10)16/h4-6,11,22H,7H2,1-3H3,(H,17,19)(H,20,21). The molecule has 0 aliphatic carbocycles. The first-order chi connectivity index (χ1) is 10.1. The first-order valence-electron chi connectivity index (χ1n) is 6.41. The lowest BCUT2D eigenvalue weighted by Crippen LogP contribution is -2.49. The molecule has 0 bridgehead atoms. The second kappa shape index (κ2) is 7.04. The topological polar surface area (TPSA) is 89.9 Å². The number of hydrogen-bond donors (Lipinski definition) is 3. The minimum absolute atomic E-state index is 0.0124. The van der Waals surface area contributed by atoms with Crippen LogP contribution in [-0.2, 0) is 9.59 Å². The van der Waals surface area contributed by atoms with Crippen molar-refractivity contribution in [1.29, 1.82) is 0 Å². The minimum Gasteiger partial charge on any atom is -0.479 e. The number of amides is 1. The molecule has 6 nitrogen and oxygen atoms in total. The van der Waals surface area contributed by atoms with E-state index in [0.29, 0.717) is 0 Å². The Labute approximate surface area is 132 Å². The summed E-state index contributed by atoms with van der Waals surface area (Å²) in [5, 5.41) is 20.8. The predicted molar refractivity (Wildman–Crippen MR) is 79.1 cm³/mol. The number of rotatable bonds is 6. The van der Waals surface area contributed by atoms with Gasteiger partial charge < -0.3 is 15.5 Å². The smallest absolute Gasteiger partial charge is 0.337 e. The Hall–Kier alpha value is -1.70. The van der Waals surface area contributed by atoms with Crippen LogP contribution in [0.4, 0.5) is 4.39 Å². The first-order valence-corrected chi connectivity index (χ1v) is 6.79. The van der Waals surface area contributed by atoms with Crippen molar-refractivity contribution in [2.24, 2.45) is 0 Å². The maximum atomic E-state index is 14.0. The second-order valence-electron chi connectivity index (χ2n) is 5.30. The van der Waals surface area contributed by atoms with Gasteiger partial charge in [0.15, 0.2) is 5.60 Å². The molecule has 0 fully saturated rings. The fourth-order valence-corrected chi connectivity index (χ4v) is 2.09. The highest BCUT2D eigenvalue weighted by Gasteiger charge is 2.33. The first kappa shape index (κ1) is 18.3. The minimum atomic E-state index is -2.12. The number of halogens is 2. The van der Waals surface area contributed by atoms with E-state index in [1.165, 1.54) is 23.1 Å². The maximum absolute atomic E-state index is 14.0. The summed E-state index contributed by atoms with van der Waals surface area (Å²) >= 11 is 5.96. The van der Waals surface area contributed by atoms with E-state index in [4.69, 9.17) is 16.7 Å². The van der Waals surface area contributed by atoms with Gasteiger partial charge in [0, 0.05) is 10.6 Å². The van der Waals surface area contributed by atoms with Crippen LogP contribution >= 0.6 is 11.6 Å². The number of likely N-dealkylation sites (N-methyl/N-ethyl adjacent to an activating group) is 1. The molecule has 2 unspecified atom stereocenters. The number of carbonyl (C=O) groups is 2. The number of aliphatic carboxylic acids is 1. The van der Waals surface area contributed by atoms with E-state index in [0.717, 1.165) is 6.92 Å². The van der Waals surface area contributed by atoms with Crippen LogP contribution in [0.15, 0.2) is 18.2 Å². The molecule has 1 aromatic carbocycles. The van der Waals surface area contributed by atoms with Crippen LogP contribution in [0.3, 0.4) is 0 Å². The van der Waals surface area contributed by atoms with Gasteiger partial charge in [0.05, 0.1) is 6.54 Å². The van der Waals surface area contributed by atoms with Gasteiger partial charge in [-0.2, -0.15) is 0 Å². The van der Waals surface area contributed by atoms with Gasteiger partial charge in [-0.1, -0.05) is 17.7 Å². The molecule has 1 aromatic rings. The van der Waals surface area contributed by atoms with Gasteiger partial charge in [0.2, 0.25) is 5.91 Å². The van der Waals surface area contributed by atoms with Gasteiger partial charge in [0.1, 0.15) is 11.9 Å². The Morgan fingerprint density at radius 3 is 2.50 bits per heavy atom. The van der Waals surface area contributed by atoms with Crippen LogP contribution < -0.4 is 5.32 Å². The Balaban J connectivity index is 3.02. The number of carboxylic acids is 1. The average Bonchev–Trinajstić information content (AvgIpc) is 2.40. The second-order valence-corrected chi connectivity index (χ2v) is 5.71. The van der Waals surface area contributed by atoms with Gasteiger partial charge in [-0.3, -0.25) is 9.69 Å². The SMILES string of the molecule is CN(C)C(C(=O)NCC(C)(O)C(=O)O)c1c(F)cccc1Cl. The molecule has 0 saturated carbocycles.